The quantitative estimate of drug-likeness (QED) is 0.728. The average molecular weight is 176 g/mol. The Morgan fingerprint density at radius 2 is 2.20 bits per heavy atom. The Morgan fingerprint density at radius 1 is 1.50 bits per heavy atom. The zero-order valence-electron chi connectivity index (χ0n) is 6.02. The summed E-state index contributed by atoms with van der Waals surface area (Å²) in [5.74, 6) is 0. The van der Waals surface area contributed by atoms with Gasteiger partial charge in [0.25, 0.3) is 0 Å². The standard InChI is InChI=1S/C7H10ClNS/c1-5(2)9-7-4-3-6(8)10-7/h3-5,9H,1-2H3. The Kier molecular flexibility index (Phi) is 2.57. The Bertz CT molecular complexity index is 207. The van der Waals surface area contributed by atoms with E-state index in [0.29, 0.717) is 6.04 Å². The average Bonchev–Trinajstić information content (AvgIpc) is 2.13. The van der Waals surface area contributed by atoms with Crippen LogP contribution >= 0.6 is 22.9 Å². The van der Waals surface area contributed by atoms with Gasteiger partial charge in [0.2, 0.25) is 0 Å². The van der Waals surface area contributed by atoms with Crippen molar-refractivity contribution >= 4 is 27.9 Å². The second kappa shape index (κ2) is 3.26. The van der Waals surface area contributed by atoms with Crippen molar-refractivity contribution in [3.63, 3.8) is 0 Å². The third-order valence-corrected chi connectivity index (χ3v) is 2.17. The molecule has 0 aliphatic carbocycles. The first kappa shape index (κ1) is 7.89. The Morgan fingerprint density at radius 3 is 2.60 bits per heavy atom. The molecule has 0 saturated heterocycles. The van der Waals surface area contributed by atoms with Crippen molar-refractivity contribution in [2.75, 3.05) is 5.32 Å². The number of hydrogen-bond donors (Lipinski definition) is 1. The molecule has 0 radical (unpaired) electrons. The van der Waals surface area contributed by atoms with E-state index in [9.17, 15) is 0 Å². The van der Waals surface area contributed by atoms with E-state index >= 15 is 0 Å². The lowest BCUT2D eigenvalue weighted by Crippen LogP contribution is -2.07. The molecule has 10 heavy (non-hydrogen) atoms. The summed E-state index contributed by atoms with van der Waals surface area (Å²) in [6.45, 7) is 4.21. The maximum atomic E-state index is 5.72. The molecule has 1 nitrogen and oxygen atoms in total. The van der Waals surface area contributed by atoms with E-state index in [4.69, 9.17) is 11.6 Å². The van der Waals surface area contributed by atoms with Gasteiger partial charge in [-0.05, 0) is 26.0 Å². The molecule has 0 aliphatic heterocycles. The summed E-state index contributed by atoms with van der Waals surface area (Å²) in [4.78, 5) is 0. The largest absolute Gasteiger partial charge is 0.375 e. The number of thiophene rings is 1. The molecular formula is C7H10ClNS. The third-order valence-electron chi connectivity index (χ3n) is 1.00. The van der Waals surface area contributed by atoms with Crippen LogP contribution in [0.2, 0.25) is 4.34 Å². The maximum Gasteiger partial charge on any atom is 0.0950 e. The molecule has 0 saturated carbocycles. The van der Waals surface area contributed by atoms with Crippen molar-refractivity contribution in [2.45, 2.75) is 19.9 Å². The lowest BCUT2D eigenvalue weighted by atomic mass is 10.4. The lowest BCUT2D eigenvalue weighted by Gasteiger charge is -2.05. The van der Waals surface area contributed by atoms with Crippen molar-refractivity contribution in [3.05, 3.63) is 16.5 Å². The van der Waals surface area contributed by atoms with Crippen LogP contribution in [-0.4, -0.2) is 6.04 Å². The van der Waals surface area contributed by atoms with Crippen LogP contribution < -0.4 is 5.32 Å². The predicted molar refractivity (Wildman–Crippen MR) is 48.1 cm³/mol. The van der Waals surface area contributed by atoms with Crippen molar-refractivity contribution in [3.8, 4) is 0 Å². The molecule has 1 rings (SSSR count). The minimum absolute atomic E-state index is 0.481. The molecule has 0 unspecified atom stereocenters. The fraction of sp³-hybridized carbons (Fsp3) is 0.429. The Hall–Kier alpha value is -0.210. The zero-order chi connectivity index (χ0) is 7.56. The van der Waals surface area contributed by atoms with Gasteiger partial charge in [-0.15, -0.1) is 11.3 Å². The first-order valence-electron chi connectivity index (χ1n) is 3.20. The van der Waals surface area contributed by atoms with E-state index in [-0.39, 0.29) is 0 Å². The minimum Gasteiger partial charge on any atom is -0.375 e. The molecule has 0 spiro atoms. The van der Waals surface area contributed by atoms with Crippen molar-refractivity contribution in [1.29, 1.82) is 0 Å². The number of hydrogen-bond acceptors (Lipinski definition) is 2. The van der Waals surface area contributed by atoms with Crippen molar-refractivity contribution in [2.24, 2.45) is 0 Å². The summed E-state index contributed by atoms with van der Waals surface area (Å²) in [5.41, 5.74) is 0. The van der Waals surface area contributed by atoms with Gasteiger partial charge < -0.3 is 5.32 Å². The molecule has 0 aromatic carbocycles. The SMILES string of the molecule is CC(C)Nc1ccc(Cl)s1. The number of anilines is 1. The van der Waals surface area contributed by atoms with E-state index in [1.54, 1.807) is 11.3 Å². The highest BCUT2D eigenvalue weighted by Crippen LogP contribution is 2.26. The molecular weight excluding hydrogens is 166 g/mol. The van der Waals surface area contributed by atoms with Crippen molar-refractivity contribution in [1.82, 2.24) is 0 Å². The molecule has 1 heterocycles. The summed E-state index contributed by atoms with van der Waals surface area (Å²) < 4.78 is 0.836. The topological polar surface area (TPSA) is 12.0 Å². The fourth-order valence-electron chi connectivity index (χ4n) is 0.676. The van der Waals surface area contributed by atoms with Gasteiger partial charge in [0, 0.05) is 6.04 Å². The van der Waals surface area contributed by atoms with E-state index in [2.05, 4.69) is 19.2 Å². The van der Waals surface area contributed by atoms with Crippen LogP contribution in [0, 0.1) is 0 Å². The highest BCUT2D eigenvalue weighted by atomic mass is 35.5. The summed E-state index contributed by atoms with van der Waals surface area (Å²) >= 11 is 7.29. The summed E-state index contributed by atoms with van der Waals surface area (Å²) in [7, 11) is 0. The number of rotatable bonds is 2. The van der Waals surface area contributed by atoms with E-state index in [0.717, 1.165) is 9.34 Å². The van der Waals surface area contributed by atoms with Gasteiger partial charge in [0.1, 0.15) is 0 Å². The normalized spacial score (nSPS) is 10.4. The van der Waals surface area contributed by atoms with Crippen LogP contribution in [0.15, 0.2) is 12.1 Å². The molecule has 0 amide bonds. The molecule has 3 heteroatoms. The van der Waals surface area contributed by atoms with E-state index in [1.807, 2.05) is 12.1 Å². The molecule has 0 fully saturated rings. The van der Waals surface area contributed by atoms with Crippen molar-refractivity contribution < 1.29 is 0 Å². The minimum atomic E-state index is 0.481. The third kappa shape index (κ3) is 2.20. The van der Waals surface area contributed by atoms with Gasteiger partial charge in [-0.25, -0.2) is 0 Å². The number of nitrogens with one attached hydrogen (secondary N) is 1. The van der Waals surface area contributed by atoms with Gasteiger partial charge in [-0.1, -0.05) is 11.6 Å². The molecule has 1 N–H and O–H groups in total. The van der Waals surface area contributed by atoms with Gasteiger partial charge in [0.05, 0.1) is 9.34 Å². The first-order valence-corrected chi connectivity index (χ1v) is 4.40. The monoisotopic (exact) mass is 175 g/mol. The second-order valence-corrected chi connectivity index (χ2v) is 4.12. The molecule has 1 aromatic rings. The predicted octanol–water partition coefficient (Wildman–Crippen LogP) is 3.22. The fourth-order valence-corrected chi connectivity index (χ4v) is 1.77. The molecule has 0 atom stereocenters. The van der Waals surface area contributed by atoms with Gasteiger partial charge >= 0.3 is 0 Å². The molecule has 0 bridgehead atoms. The van der Waals surface area contributed by atoms with Gasteiger partial charge in [-0.2, -0.15) is 0 Å². The number of halogens is 1. The molecule has 56 valence electrons. The van der Waals surface area contributed by atoms with E-state index < -0.39 is 0 Å². The van der Waals surface area contributed by atoms with Crippen LogP contribution in [0.4, 0.5) is 5.00 Å². The Balaban J connectivity index is 2.58. The van der Waals surface area contributed by atoms with Crippen LogP contribution in [0.3, 0.4) is 0 Å². The van der Waals surface area contributed by atoms with Crippen LogP contribution in [0.25, 0.3) is 0 Å². The smallest absolute Gasteiger partial charge is 0.0950 e. The Labute approximate surface area is 70.0 Å². The highest BCUT2D eigenvalue weighted by molar-refractivity contribution is 7.19. The van der Waals surface area contributed by atoms with Gasteiger partial charge in [-0.3, -0.25) is 0 Å². The van der Waals surface area contributed by atoms with Crippen LogP contribution in [0.1, 0.15) is 13.8 Å². The van der Waals surface area contributed by atoms with Crippen LogP contribution in [-0.2, 0) is 0 Å². The highest BCUT2D eigenvalue weighted by Gasteiger charge is 1.97. The lowest BCUT2D eigenvalue weighted by molar-refractivity contribution is 0.904. The van der Waals surface area contributed by atoms with E-state index in [1.165, 1.54) is 0 Å². The summed E-state index contributed by atoms with van der Waals surface area (Å²) in [5, 5.41) is 4.40. The first-order chi connectivity index (χ1) is 4.68. The summed E-state index contributed by atoms with van der Waals surface area (Å²) in [6.07, 6.45) is 0. The zero-order valence-corrected chi connectivity index (χ0v) is 7.59. The van der Waals surface area contributed by atoms with Gasteiger partial charge in [0.15, 0.2) is 0 Å². The van der Waals surface area contributed by atoms with Crippen LogP contribution in [0.5, 0.6) is 0 Å². The summed E-state index contributed by atoms with van der Waals surface area (Å²) in [6, 6.07) is 4.37. The second-order valence-electron chi connectivity index (χ2n) is 2.40. The maximum absolute atomic E-state index is 5.72. The molecule has 0 aliphatic rings. The molecule has 1 aromatic heterocycles.